The number of urea groups is 1. The van der Waals surface area contributed by atoms with E-state index in [0.717, 1.165) is 11.2 Å². The minimum absolute atomic E-state index is 0.0177. The molecule has 0 radical (unpaired) electrons. The maximum atomic E-state index is 12.5. The largest absolute Gasteiger partial charge is 0.439 e. The van der Waals surface area contributed by atoms with Crippen molar-refractivity contribution in [2.75, 3.05) is 24.5 Å². The van der Waals surface area contributed by atoms with Gasteiger partial charge in [-0.25, -0.2) is 9.78 Å². The Morgan fingerprint density at radius 3 is 2.85 bits per heavy atom. The van der Waals surface area contributed by atoms with Gasteiger partial charge in [0.05, 0.1) is 6.54 Å². The molecule has 1 aromatic heterocycles. The minimum Gasteiger partial charge on any atom is -0.439 e. The van der Waals surface area contributed by atoms with Crippen molar-refractivity contribution in [3.8, 4) is 0 Å². The number of anilines is 1. The molecule has 0 aliphatic carbocycles. The van der Waals surface area contributed by atoms with Gasteiger partial charge in [-0.15, -0.1) is 0 Å². The van der Waals surface area contributed by atoms with Crippen molar-refractivity contribution in [3.05, 3.63) is 59.4 Å². The average molecular weight is 385 g/mol. The van der Waals surface area contributed by atoms with E-state index in [1.165, 1.54) is 4.90 Å². The molecule has 8 heteroatoms. The van der Waals surface area contributed by atoms with E-state index in [9.17, 15) is 9.59 Å². The van der Waals surface area contributed by atoms with Crippen molar-refractivity contribution >= 4 is 40.3 Å². The SMILES string of the molecule is O=C(CN1CCN(c2cccc(Cl)c2)C1=O)NCc1nc2ccccc2o1. The summed E-state index contributed by atoms with van der Waals surface area (Å²) in [6, 6.07) is 14.3. The van der Waals surface area contributed by atoms with Gasteiger partial charge in [-0.2, -0.15) is 0 Å². The topological polar surface area (TPSA) is 78.7 Å². The Labute approximate surface area is 160 Å². The molecule has 1 N–H and O–H groups in total. The van der Waals surface area contributed by atoms with Gasteiger partial charge in [0.1, 0.15) is 12.1 Å². The lowest BCUT2D eigenvalue weighted by molar-refractivity contribution is -0.121. The van der Waals surface area contributed by atoms with Gasteiger partial charge in [0.25, 0.3) is 0 Å². The van der Waals surface area contributed by atoms with Gasteiger partial charge < -0.3 is 14.6 Å². The monoisotopic (exact) mass is 384 g/mol. The van der Waals surface area contributed by atoms with Gasteiger partial charge in [-0.3, -0.25) is 9.69 Å². The number of benzene rings is 2. The number of oxazole rings is 1. The summed E-state index contributed by atoms with van der Waals surface area (Å²) in [5.41, 5.74) is 2.14. The van der Waals surface area contributed by atoms with Gasteiger partial charge >= 0.3 is 6.03 Å². The van der Waals surface area contributed by atoms with Crippen LogP contribution in [0.2, 0.25) is 5.02 Å². The highest BCUT2D eigenvalue weighted by Gasteiger charge is 2.30. The average Bonchev–Trinajstić information content (AvgIpc) is 3.23. The standard InChI is InChI=1S/C19H17ClN4O3/c20-13-4-3-5-14(10-13)24-9-8-23(19(24)26)12-17(25)21-11-18-22-15-6-1-2-7-16(15)27-18/h1-7,10H,8-9,11-12H2,(H,21,25). The number of hydrogen-bond donors (Lipinski definition) is 1. The smallest absolute Gasteiger partial charge is 0.325 e. The Balaban J connectivity index is 1.33. The predicted octanol–water partition coefficient (Wildman–Crippen LogP) is 3.04. The summed E-state index contributed by atoms with van der Waals surface area (Å²) in [6.45, 7) is 1.14. The minimum atomic E-state index is -0.265. The first-order valence-corrected chi connectivity index (χ1v) is 8.91. The van der Waals surface area contributed by atoms with Gasteiger partial charge in [0.15, 0.2) is 5.58 Å². The highest BCUT2D eigenvalue weighted by atomic mass is 35.5. The third-order valence-corrected chi connectivity index (χ3v) is 4.56. The van der Waals surface area contributed by atoms with Crippen LogP contribution < -0.4 is 10.2 Å². The number of fused-ring (bicyclic) bond motifs is 1. The molecule has 1 fully saturated rings. The molecule has 0 bridgehead atoms. The molecule has 3 aromatic rings. The zero-order valence-electron chi connectivity index (χ0n) is 14.4. The fourth-order valence-electron chi connectivity index (χ4n) is 3.01. The first kappa shape index (κ1) is 17.4. The molecular formula is C19H17ClN4O3. The molecule has 1 aliphatic rings. The summed E-state index contributed by atoms with van der Waals surface area (Å²) in [5.74, 6) is 0.163. The number of aromatic nitrogens is 1. The summed E-state index contributed by atoms with van der Waals surface area (Å²) < 4.78 is 5.57. The van der Waals surface area contributed by atoms with E-state index in [0.29, 0.717) is 29.6 Å². The molecule has 1 aliphatic heterocycles. The van der Waals surface area contributed by atoms with E-state index in [1.54, 1.807) is 23.1 Å². The molecule has 2 heterocycles. The van der Waals surface area contributed by atoms with Gasteiger partial charge in [0.2, 0.25) is 11.8 Å². The number of para-hydroxylation sites is 2. The molecule has 7 nitrogen and oxygen atoms in total. The quantitative estimate of drug-likeness (QED) is 0.733. The van der Waals surface area contributed by atoms with Crippen molar-refractivity contribution in [2.45, 2.75) is 6.54 Å². The van der Waals surface area contributed by atoms with Crippen LogP contribution in [0.15, 0.2) is 52.9 Å². The van der Waals surface area contributed by atoms with Gasteiger partial charge in [0, 0.05) is 23.8 Å². The van der Waals surface area contributed by atoms with Crippen LogP contribution in [0.25, 0.3) is 11.1 Å². The van der Waals surface area contributed by atoms with Crippen LogP contribution in [0.1, 0.15) is 5.89 Å². The second-order valence-electron chi connectivity index (χ2n) is 6.19. The van der Waals surface area contributed by atoms with E-state index < -0.39 is 0 Å². The van der Waals surface area contributed by atoms with E-state index in [1.807, 2.05) is 30.3 Å². The Bertz CT molecular complexity index is 970. The second-order valence-corrected chi connectivity index (χ2v) is 6.62. The van der Waals surface area contributed by atoms with Crippen LogP contribution in [-0.2, 0) is 11.3 Å². The zero-order valence-corrected chi connectivity index (χ0v) is 15.1. The summed E-state index contributed by atoms with van der Waals surface area (Å²) in [6.07, 6.45) is 0. The maximum absolute atomic E-state index is 12.5. The Kier molecular flexibility index (Phi) is 4.68. The first-order chi connectivity index (χ1) is 13.1. The number of carbonyl (C=O) groups excluding carboxylic acids is 2. The number of nitrogens with one attached hydrogen (secondary N) is 1. The zero-order chi connectivity index (χ0) is 18.8. The number of carbonyl (C=O) groups is 2. The molecule has 0 atom stereocenters. The van der Waals surface area contributed by atoms with Crippen LogP contribution >= 0.6 is 11.6 Å². The Morgan fingerprint density at radius 1 is 1.19 bits per heavy atom. The summed E-state index contributed by atoms with van der Waals surface area (Å²) in [4.78, 5) is 32.2. The summed E-state index contributed by atoms with van der Waals surface area (Å²) in [5, 5.41) is 3.31. The third-order valence-electron chi connectivity index (χ3n) is 4.32. The highest BCUT2D eigenvalue weighted by Crippen LogP contribution is 2.23. The van der Waals surface area contributed by atoms with E-state index >= 15 is 0 Å². The van der Waals surface area contributed by atoms with Crippen molar-refractivity contribution in [2.24, 2.45) is 0 Å². The maximum Gasteiger partial charge on any atom is 0.325 e. The predicted molar refractivity (Wildman–Crippen MR) is 102 cm³/mol. The van der Waals surface area contributed by atoms with E-state index in [2.05, 4.69) is 10.3 Å². The van der Waals surface area contributed by atoms with E-state index in [-0.39, 0.29) is 25.0 Å². The fourth-order valence-corrected chi connectivity index (χ4v) is 3.20. The number of halogens is 1. The molecule has 27 heavy (non-hydrogen) atoms. The van der Waals surface area contributed by atoms with Crippen molar-refractivity contribution in [1.82, 2.24) is 15.2 Å². The Hall–Kier alpha value is -3.06. The number of hydrogen-bond acceptors (Lipinski definition) is 4. The number of rotatable bonds is 5. The van der Waals surface area contributed by atoms with Crippen molar-refractivity contribution in [1.29, 1.82) is 0 Å². The van der Waals surface area contributed by atoms with Crippen LogP contribution in [0.4, 0.5) is 10.5 Å². The van der Waals surface area contributed by atoms with Crippen molar-refractivity contribution in [3.63, 3.8) is 0 Å². The lowest BCUT2D eigenvalue weighted by Gasteiger charge is -2.18. The lowest BCUT2D eigenvalue weighted by Crippen LogP contribution is -2.39. The first-order valence-electron chi connectivity index (χ1n) is 8.53. The number of amides is 3. The normalized spacial score (nSPS) is 14.2. The third kappa shape index (κ3) is 3.73. The Morgan fingerprint density at radius 2 is 2.04 bits per heavy atom. The molecule has 138 valence electrons. The number of nitrogens with zero attached hydrogens (tertiary/aromatic N) is 3. The fraction of sp³-hybridized carbons (Fsp3) is 0.211. The molecule has 4 rings (SSSR count). The van der Waals surface area contributed by atoms with Gasteiger partial charge in [-0.1, -0.05) is 29.8 Å². The van der Waals surface area contributed by atoms with Gasteiger partial charge in [-0.05, 0) is 30.3 Å². The van der Waals surface area contributed by atoms with Crippen LogP contribution in [0.3, 0.4) is 0 Å². The molecular weight excluding hydrogens is 368 g/mol. The van der Waals surface area contributed by atoms with Crippen LogP contribution in [-0.4, -0.2) is 41.5 Å². The van der Waals surface area contributed by atoms with Crippen molar-refractivity contribution < 1.29 is 14.0 Å². The molecule has 3 amide bonds. The molecule has 2 aromatic carbocycles. The molecule has 0 saturated carbocycles. The van der Waals surface area contributed by atoms with Crippen LogP contribution in [0.5, 0.6) is 0 Å². The van der Waals surface area contributed by atoms with Crippen LogP contribution in [0, 0.1) is 0 Å². The summed E-state index contributed by atoms with van der Waals surface area (Å²) in [7, 11) is 0. The second kappa shape index (κ2) is 7.28. The molecule has 0 unspecified atom stereocenters. The lowest BCUT2D eigenvalue weighted by atomic mass is 10.3. The highest BCUT2D eigenvalue weighted by molar-refractivity contribution is 6.30. The molecule has 1 saturated heterocycles. The summed E-state index contributed by atoms with van der Waals surface area (Å²) >= 11 is 5.99. The molecule has 0 spiro atoms. The van der Waals surface area contributed by atoms with E-state index in [4.69, 9.17) is 16.0 Å².